The Labute approximate surface area is 145 Å². The van der Waals surface area contributed by atoms with Crippen molar-refractivity contribution >= 4 is 17.3 Å². The molecule has 0 aliphatic carbocycles. The van der Waals surface area contributed by atoms with Gasteiger partial charge in [0, 0.05) is 17.7 Å². The van der Waals surface area contributed by atoms with Gasteiger partial charge in [-0.1, -0.05) is 19.1 Å². The summed E-state index contributed by atoms with van der Waals surface area (Å²) in [6.45, 7) is 1.56. The summed E-state index contributed by atoms with van der Waals surface area (Å²) in [5, 5.41) is 13.0. The molecule has 1 unspecified atom stereocenters. The van der Waals surface area contributed by atoms with Crippen LogP contribution in [0.1, 0.15) is 18.1 Å². The summed E-state index contributed by atoms with van der Waals surface area (Å²) in [7, 11) is 0. The molecule has 26 heavy (non-hydrogen) atoms. The molecule has 0 bridgehead atoms. The SMILES string of the molecule is CC(Cc1ccc(F)cc1)C(=O)Nc1ccc([N+](=O)[O-])c(C(F)(F)F)c1. The zero-order chi connectivity index (χ0) is 19.5. The first kappa shape index (κ1) is 19.4. The van der Waals surface area contributed by atoms with Gasteiger partial charge in [0.25, 0.3) is 5.69 Å². The number of hydrogen-bond donors (Lipinski definition) is 1. The Bertz CT molecular complexity index is 820. The monoisotopic (exact) mass is 370 g/mol. The number of nitrogens with one attached hydrogen (secondary N) is 1. The number of nitrogens with zero attached hydrogens (tertiary/aromatic N) is 1. The number of amides is 1. The minimum atomic E-state index is -4.93. The van der Waals surface area contributed by atoms with Gasteiger partial charge < -0.3 is 5.32 Å². The number of carbonyl (C=O) groups is 1. The van der Waals surface area contributed by atoms with Crippen molar-refractivity contribution in [2.75, 3.05) is 5.32 Å². The van der Waals surface area contributed by atoms with Crippen LogP contribution in [0.5, 0.6) is 0 Å². The molecule has 0 saturated heterocycles. The highest BCUT2D eigenvalue weighted by Crippen LogP contribution is 2.37. The van der Waals surface area contributed by atoms with Gasteiger partial charge in [-0.25, -0.2) is 4.39 Å². The highest BCUT2D eigenvalue weighted by Gasteiger charge is 2.38. The Balaban J connectivity index is 2.15. The van der Waals surface area contributed by atoms with Crippen LogP contribution in [0.3, 0.4) is 0 Å². The Morgan fingerprint density at radius 2 is 1.81 bits per heavy atom. The van der Waals surface area contributed by atoms with Gasteiger partial charge >= 0.3 is 6.18 Å². The van der Waals surface area contributed by atoms with E-state index in [0.29, 0.717) is 17.7 Å². The van der Waals surface area contributed by atoms with Crippen molar-refractivity contribution in [2.24, 2.45) is 5.92 Å². The highest BCUT2D eigenvalue weighted by atomic mass is 19.4. The normalized spacial score (nSPS) is 12.5. The van der Waals surface area contributed by atoms with E-state index in [1.165, 1.54) is 24.3 Å². The smallest absolute Gasteiger partial charge is 0.326 e. The number of alkyl halides is 3. The third-order valence-electron chi connectivity index (χ3n) is 3.67. The van der Waals surface area contributed by atoms with E-state index < -0.39 is 40.0 Å². The molecule has 2 rings (SSSR count). The lowest BCUT2D eigenvalue weighted by Crippen LogP contribution is -2.22. The third kappa shape index (κ3) is 4.78. The van der Waals surface area contributed by atoms with Crippen LogP contribution in [0.15, 0.2) is 42.5 Å². The molecule has 1 amide bonds. The van der Waals surface area contributed by atoms with Gasteiger partial charge in [-0.3, -0.25) is 14.9 Å². The van der Waals surface area contributed by atoms with Crippen LogP contribution in [-0.2, 0) is 17.4 Å². The molecule has 0 aliphatic heterocycles. The number of rotatable bonds is 5. The average Bonchev–Trinajstić information content (AvgIpc) is 2.55. The maximum absolute atomic E-state index is 13.0. The maximum Gasteiger partial charge on any atom is 0.423 e. The molecule has 1 N–H and O–H groups in total. The van der Waals surface area contributed by atoms with Crippen molar-refractivity contribution in [3.05, 3.63) is 69.5 Å². The molecule has 0 spiro atoms. The predicted molar refractivity (Wildman–Crippen MR) is 86.0 cm³/mol. The summed E-state index contributed by atoms with van der Waals surface area (Å²) in [4.78, 5) is 21.8. The maximum atomic E-state index is 13.0. The highest BCUT2D eigenvalue weighted by molar-refractivity contribution is 5.92. The summed E-state index contributed by atoms with van der Waals surface area (Å²) in [5.74, 6) is -1.59. The molecule has 5 nitrogen and oxygen atoms in total. The van der Waals surface area contributed by atoms with Crippen LogP contribution in [0, 0.1) is 21.8 Å². The van der Waals surface area contributed by atoms with Crippen molar-refractivity contribution in [3.63, 3.8) is 0 Å². The number of benzene rings is 2. The molecule has 2 aromatic rings. The Morgan fingerprint density at radius 3 is 2.35 bits per heavy atom. The van der Waals surface area contributed by atoms with Gasteiger partial charge in [0.1, 0.15) is 11.4 Å². The molecule has 138 valence electrons. The zero-order valence-electron chi connectivity index (χ0n) is 13.5. The Kier molecular flexibility index (Phi) is 5.59. The third-order valence-corrected chi connectivity index (χ3v) is 3.67. The second-order valence-corrected chi connectivity index (χ2v) is 5.71. The van der Waals surface area contributed by atoms with Crippen LogP contribution >= 0.6 is 0 Å². The average molecular weight is 370 g/mol. The molecular weight excluding hydrogens is 356 g/mol. The largest absolute Gasteiger partial charge is 0.423 e. The molecule has 1 atom stereocenters. The number of carbonyl (C=O) groups excluding carboxylic acids is 1. The molecule has 0 radical (unpaired) electrons. The van der Waals surface area contributed by atoms with E-state index in [2.05, 4.69) is 5.32 Å². The second-order valence-electron chi connectivity index (χ2n) is 5.71. The van der Waals surface area contributed by atoms with Gasteiger partial charge in [-0.2, -0.15) is 13.2 Å². The summed E-state index contributed by atoms with van der Waals surface area (Å²) in [6, 6.07) is 7.76. The molecular formula is C17H14F4N2O3. The lowest BCUT2D eigenvalue weighted by molar-refractivity contribution is -0.388. The lowest BCUT2D eigenvalue weighted by Gasteiger charge is -2.14. The van der Waals surface area contributed by atoms with Crippen molar-refractivity contribution in [1.29, 1.82) is 0 Å². The molecule has 0 aliphatic rings. The molecule has 0 aromatic heterocycles. The van der Waals surface area contributed by atoms with E-state index in [-0.39, 0.29) is 12.1 Å². The number of nitro groups is 1. The van der Waals surface area contributed by atoms with Crippen LogP contribution < -0.4 is 5.32 Å². The van der Waals surface area contributed by atoms with Crippen LogP contribution in [0.4, 0.5) is 28.9 Å². The summed E-state index contributed by atoms with van der Waals surface area (Å²) < 4.78 is 51.7. The van der Waals surface area contributed by atoms with E-state index in [9.17, 15) is 32.5 Å². The lowest BCUT2D eigenvalue weighted by atomic mass is 10.00. The van der Waals surface area contributed by atoms with Crippen LogP contribution in [-0.4, -0.2) is 10.8 Å². The minimum absolute atomic E-state index is 0.195. The topological polar surface area (TPSA) is 72.2 Å². The van der Waals surface area contributed by atoms with Gasteiger partial charge in [-0.05, 0) is 36.2 Å². The standard InChI is InChI=1S/C17H14F4N2O3/c1-10(8-11-2-4-12(18)5-3-11)16(24)22-13-6-7-15(23(25)26)14(9-13)17(19,20)21/h2-7,9-10H,8H2,1H3,(H,22,24). The quantitative estimate of drug-likeness (QED) is 0.476. The van der Waals surface area contributed by atoms with Crippen molar-refractivity contribution in [2.45, 2.75) is 19.5 Å². The fourth-order valence-corrected chi connectivity index (χ4v) is 2.33. The first-order valence-electron chi connectivity index (χ1n) is 7.49. The molecule has 0 heterocycles. The van der Waals surface area contributed by atoms with E-state index in [1.54, 1.807) is 6.92 Å². The van der Waals surface area contributed by atoms with Gasteiger partial charge in [0.2, 0.25) is 5.91 Å². The van der Waals surface area contributed by atoms with Gasteiger partial charge in [0.15, 0.2) is 0 Å². The summed E-state index contributed by atoms with van der Waals surface area (Å²) in [5.41, 5.74) is -2.03. The molecule has 9 heteroatoms. The van der Waals surface area contributed by atoms with E-state index in [0.717, 1.165) is 6.07 Å². The molecule has 2 aromatic carbocycles. The second kappa shape index (κ2) is 7.51. The van der Waals surface area contributed by atoms with Crippen LogP contribution in [0.25, 0.3) is 0 Å². The van der Waals surface area contributed by atoms with Crippen molar-refractivity contribution in [3.8, 4) is 0 Å². The van der Waals surface area contributed by atoms with E-state index >= 15 is 0 Å². The number of anilines is 1. The number of halogens is 4. The summed E-state index contributed by atoms with van der Waals surface area (Å²) in [6.07, 6.45) is -4.67. The Morgan fingerprint density at radius 1 is 1.19 bits per heavy atom. The van der Waals surface area contributed by atoms with E-state index in [4.69, 9.17) is 0 Å². The number of nitro benzene ring substituents is 1. The Hall–Kier alpha value is -2.97. The fraction of sp³-hybridized carbons (Fsp3) is 0.235. The molecule has 0 fully saturated rings. The van der Waals surface area contributed by atoms with Crippen molar-refractivity contribution < 1.29 is 27.3 Å². The zero-order valence-corrected chi connectivity index (χ0v) is 13.5. The first-order chi connectivity index (χ1) is 12.1. The van der Waals surface area contributed by atoms with Gasteiger partial charge in [0.05, 0.1) is 4.92 Å². The number of hydrogen-bond acceptors (Lipinski definition) is 3. The van der Waals surface area contributed by atoms with Gasteiger partial charge in [-0.15, -0.1) is 0 Å². The van der Waals surface area contributed by atoms with E-state index in [1.807, 2.05) is 0 Å². The predicted octanol–water partition coefficient (Wildman–Crippen LogP) is 4.57. The van der Waals surface area contributed by atoms with Crippen molar-refractivity contribution in [1.82, 2.24) is 0 Å². The minimum Gasteiger partial charge on any atom is -0.326 e. The molecule has 0 saturated carbocycles. The fourth-order valence-electron chi connectivity index (χ4n) is 2.33. The summed E-state index contributed by atoms with van der Waals surface area (Å²) >= 11 is 0. The van der Waals surface area contributed by atoms with Crippen LogP contribution in [0.2, 0.25) is 0 Å². The first-order valence-corrected chi connectivity index (χ1v) is 7.49.